The topological polar surface area (TPSA) is 56.7 Å². The van der Waals surface area contributed by atoms with Gasteiger partial charge in [-0.3, -0.25) is 4.68 Å². The van der Waals surface area contributed by atoms with Crippen molar-refractivity contribution in [3.05, 3.63) is 22.8 Å². The number of nitrogens with zero attached hydrogens (tertiary/aromatic N) is 3. The van der Waals surface area contributed by atoms with Crippen molar-refractivity contribution in [1.29, 1.82) is 0 Å². The Kier molecular flexibility index (Phi) is 1.74. The molecule has 0 aliphatic heterocycles. The van der Waals surface area contributed by atoms with Gasteiger partial charge in [0.25, 0.3) is 0 Å². The van der Waals surface area contributed by atoms with E-state index in [1.54, 1.807) is 4.68 Å². The molecule has 0 aliphatic rings. The van der Waals surface area contributed by atoms with Crippen LogP contribution >= 0.6 is 0 Å². The van der Waals surface area contributed by atoms with E-state index < -0.39 is 0 Å². The predicted octanol–water partition coefficient (Wildman–Crippen LogP) is 1.38. The normalized spacial score (nSPS) is 11.1. The predicted molar refractivity (Wildman–Crippen MR) is 56.6 cm³/mol. The molecule has 0 fully saturated rings. The number of aromatic nitrogens is 3. The summed E-state index contributed by atoms with van der Waals surface area (Å²) in [4.78, 5) is 0. The lowest BCUT2D eigenvalue weighted by atomic mass is 10.1. The number of hydrogen-bond donors (Lipinski definition) is 1. The van der Waals surface area contributed by atoms with Crippen LogP contribution in [0.25, 0.3) is 10.8 Å². The fraction of sp³-hybridized carbons (Fsp3) is 0.400. The second kappa shape index (κ2) is 2.70. The molecule has 0 aliphatic carbocycles. The van der Waals surface area contributed by atoms with Crippen LogP contribution in [0.1, 0.15) is 22.8 Å². The Labute approximate surface area is 82.7 Å². The molecule has 74 valence electrons. The van der Waals surface area contributed by atoms with Gasteiger partial charge in [0.05, 0.1) is 11.4 Å². The maximum atomic E-state index is 5.91. The van der Waals surface area contributed by atoms with Crippen molar-refractivity contribution in [2.45, 2.75) is 27.7 Å². The van der Waals surface area contributed by atoms with E-state index in [0.29, 0.717) is 0 Å². The number of nitrogens with two attached hydrogens (primary N) is 1. The first-order valence-electron chi connectivity index (χ1n) is 4.60. The first-order valence-corrected chi connectivity index (χ1v) is 4.60. The van der Waals surface area contributed by atoms with Crippen LogP contribution in [0, 0.1) is 27.7 Å². The average Bonchev–Trinajstić information content (AvgIpc) is 2.38. The van der Waals surface area contributed by atoms with Gasteiger partial charge in [-0.1, -0.05) is 0 Å². The molecule has 0 bridgehead atoms. The first kappa shape index (κ1) is 8.99. The second-order valence-corrected chi connectivity index (χ2v) is 3.66. The molecule has 0 radical (unpaired) electrons. The van der Waals surface area contributed by atoms with Crippen molar-refractivity contribution in [2.24, 2.45) is 0 Å². The lowest BCUT2D eigenvalue weighted by Gasteiger charge is -1.98. The molecule has 0 aromatic carbocycles. The van der Waals surface area contributed by atoms with Gasteiger partial charge in [0.1, 0.15) is 0 Å². The summed E-state index contributed by atoms with van der Waals surface area (Å²) in [5, 5.41) is 10.5. The highest BCUT2D eigenvalue weighted by Crippen LogP contribution is 2.26. The van der Waals surface area contributed by atoms with E-state index in [2.05, 4.69) is 10.2 Å². The van der Waals surface area contributed by atoms with Crippen LogP contribution in [0.4, 0.5) is 0 Å². The van der Waals surface area contributed by atoms with Crippen molar-refractivity contribution in [3.8, 4) is 0 Å². The third-order valence-electron chi connectivity index (χ3n) is 2.77. The highest BCUT2D eigenvalue weighted by atomic mass is 15.3. The standard InChI is InChI=1S/C10H14N4/c1-5-9-7(3)14(11)8(4)10(9)6(2)13-12-5/h11H2,1-4H3. The molecule has 2 aromatic rings. The fourth-order valence-electron chi connectivity index (χ4n) is 1.99. The second-order valence-electron chi connectivity index (χ2n) is 3.66. The van der Waals surface area contributed by atoms with E-state index >= 15 is 0 Å². The zero-order valence-electron chi connectivity index (χ0n) is 8.92. The summed E-state index contributed by atoms with van der Waals surface area (Å²) in [6.45, 7) is 7.93. The zero-order chi connectivity index (χ0) is 10.5. The van der Waals surface area contributed by atoms with E-state index in [1.165, 1.54) is 0 Å². The van der Waals surface area contributed by atoms with Gasteiger partial charge in [-0.05, 0) is 27.7 Å². The molecule has 0 unspecified atom stereocenters. The summed E-state index contributed by atoms with van der Waals surface area (Å²) in [6, 6.07) is 0. The summed E-state index contributed by atoms with van der Waals surface area (Å²) in [5.74, 6) is 5.91. The summed E-state index contributed by atoms with van der Waals surface area (Å²) in [5.41, 5.74) is 3.98. The monoisotopic (exact) mass is 190 g/mol. The minimum Gasteiger partial charge on any atom is -0.339 e. The van der Waals surface area contributed by atoms with Gasteiger partial charge in [0.2, 0.25) is 0 Å². The fourth-order valence-corrected chi connectivity index (χ4v) is 1.99. The highest BCUT2D eigenvalue weighted by molar-refractivity contribution is 5.91. The molecule has 0 spiro atoms. The molecule has 4 nitrogen and oxygen atoms in total. The van der Waals surface area contributed by atoms with Crippen LogP contribution in [-0.2, 0) is 0 Å². The van der Waals surface area contributed by atoms with Gasteiger partial charge in [-0.15, -0.1) is 0 Å². The Balaban J connectivity index is 3.08. The molecular formula is C10H14N4. The van der Waals surface area contributed by atoms with E-state index in [1.807, 2.05) is 27.7 Å². The van der Waals surface area contributed by atoms with Gasteiger partial charge in [0, 0.05) is 22.2 Å². The smallest absolute Gasteiger partial charge is 0.0697 e. The van der Waals surface area contributed by atoms with Crippen LogP contribution in [0.15, 0.2) is 0 Å². The number of rotatable bonds is 0. The highest BCUT2D eigenvalue weighted by Gasteiger charge is 2.14. The molecule has 2 heterocycles. The van der Waals surface area contributed by atoms with E-state index in [4.69, 9.17) is 5.84 Å². The molecule has 0 saturated heterocycles. The van der Waals surface area contributed by atoms with Crippen LogP contribution < -0.4 is 5.84 Å². The lowest BCUT2D eigenvalue weighted by Crippen LogP contribution is -2.11. The Morgan fingerprint density at radius 1 is 0.857 bits per heavy atom. The molecule has 0 atom stereocenters. The van der Waals surface area contributed by atoms with Gasteiger partial charge in [0.15, 0.2) is 0 Å². The Morgan fingerprint density at radius 2 is 1.21 bits per heavy atom. The maximum Gasteiger partial charge on any atom is 0.0697 e. The van der Waals surface area contributed by atoms with Crippen molar-refractivity contribution in [2.75, 3.05) is 5.84 Å². The van der Waals surface area contributed by atoms with E-state index in [0.717, 1.165) is 33.5 Å². The van der Waals surface area contributed by atoms with Gasteiger partial charge in [-0.25, -0.2) is 0 Å². The molecule has 0 saturated carbocycles. The molecule has 2 rings (SSSR count). The average molecular weight is 190 g/mol. The molecular weight excluding hydrogens is 176 g/mol. The minimum absolute atomic E-state index is 0.940. The van der Waals surface area contributed by atoms with E-state index in [9.17, 15) is 0 Å². The SMILES string of the molecule is Cc1nnc(C)c2c(C)n(N)c(C)c12. The molecule has 14 heavy (non-hydrogen) atoms. The molecule has 0 amide bonds. The quantitative estimate of drug-likeness (QED) is 0.638. The van der Waals surface area contributed by atoms with Crippen molar-refractivity contribution < 1.29 is 0 Å². The Hall–Kier alpha value is -1.58. The largest absolute Gasteiger partial charge is 0.339 e. The summed E-state index contributed by atoms with van der Waals surface area (Å²) < 4.78 is 1.70. The Bertz CT molecular complexity index is 466. The third-order valence-corrected chi connectivity index (χ3v) is 2.77. The van der Waals surface area contributed by atoms with Crippen LogP contribution in [0.5, 0.6) is 0 Å². The number of hydrogen-bond acceptors (Lipinski definition) is 3. The number of nitrogen functional groups attached to an aromatic ring is 1. The van der Waals surface area contributed by atoms with E-state index in [-0.39, 0.29) is 0 Å². The lowest BCUT2D eigenvalue weighted by molar-refractivity contribution is 0.923. The minimum atomic E-state index is 0.940. The Morgan fingerprint density at radius 3 is 1.57 bits per heavy atom. The van der Waals surface area contributed by atoms with Gasteiger partial charge >= 0.3 is 0 Å². The van der Waals surface area contributed by atoms with Crippen molar-refractivity contribution in [3.63, 3.8) is 0 Å². The molecule has 2 N–H and O–H groups in total. The van der Waals surface area contributed by atoms with Crippen LogP contribution in [0.2, 0.25) is 0 Å². The van der Waals surface area contributed by atoms with Crippen LogP contribution in [0.3, 0.4) is 0 Å². The summed E-state index contributed by atoms with van der Waals surface area (Å²) in [6.07, 6.45) is 0. The molecule has 4 heteroatoms. The van der Waals surface area contributed by atoms with Gasteiger partial charge in [-0.2, -0.15) is 10.2 Å². The summed E-state index contributed by atoms with van der Waals surface area (Å²) >= 11 is 0. The van der Waals surface area contributed by atoms with Crippen molar-refractivity contribution in [1.82, 2.24) is 14.9 Å². The third kappa shape index (κ3) is 0.937. The van der Waals surface area contributed by atoms with Gasteiger partial charge < -0.3 is 5.84 Å². The summed E-state index contributed by atoms with van der Waals surface area (Å²) in [7, 11) is 0. The van der Waals surface area contributed by atoms with Crippen LogP contribution in [-0.4, -0.2) is 14.9 Å². The zero-order valence-corrected chi connectivity index (χ0v) is 8.92. The van der Waals surface area contributed by atoms with Crippen molar-refractivity contribution >= 4 is 10.8 Å². The molecule has 2 aromatic heterocycles. The number of aryl methyl sites for hydroxylation is 4. The first-order chi connectivity index (χ1) is 6.54. The maximum absolute atomic E-state index is 5.91. The number of fused-ring (bicyclic) bond motifs is 1.